The first-order valence-electron chi connectivity index (χ1n) is 6.15. The van der Waals surface area contributed by atoms with E-state index in [0.717, 1.165) is 26.2 Å². The second-order valence-corrected chi connectivity index (χ2v) is 4.66. The lowest BCUT2D eigenvalue weighted by Gasteiger charge is -2.29. The Kier molecular flexibility index (Phi) is 3.76. The van der Waals surface area contributed by atoms with Gasteiger partial charge < -0.3 is 15.3 Å². The van der Waals surface area contributed by atoms with Gasteiger partial charge in [-0.1, -0.05) is 13.8 Å². The minimum absolute atomic E-state index is 0.107. The van der Waals surface area contributed by atoms with Gasteiger partial charge in [-0.3, -0.25) is 0 Å². The lowest BCUT2D eigenvalue weighted by atomic mass is 10.2. The number of hydrogen-bond donors (Lipinski definition) is 2. The second kappa shape index (κ2) is 5.30. The van der Waals surface area contributed by atoms with E-state index in [1.165, 1.54) is 0 Å². The summed E-state index contributed by atoms with van der Waals surface area (Å²) < 4.78 is 0. The molecule has 0 unspecified atom stereocenters. The van der Waals surface area contributed by atoms with E-state index in [9.17, 15) is 9.90 Å². The number of rotatable bonds is 3. The van der Waals surface area contributed by atoms with Crippen molar-refractivity contribution in [2.24, 2.45) is 0 Å². The van der Waals surface area contributed by atoms with Gasteiger partial charge >= 0.3 is 5.97 Å². The number of piperazine rings is 1. The van der Waals surface area contributed by atoms with Gasteiger partial charge in [0.15, 0.2) is 5.69 Å². The molecule has 2 N–H and O–H groups in total. The Hall–Kier alpha value is -1.69. The van der Waals surface area contributed by atoms with Crippen LogP contribution in [0.3, 0.4) is 0 Å². The van der Waals surface area contributed by atoms with Crippen molar-refractivity contribution in [2.75, 3.05) is 31.1 Å². The van der Waals surface area contributed by atoms with Crippen molar-refractivity contribution in [3.05, 3.63) is 17.7 Å². The first-order chi connectivity index (χ1) is 8.59. The van der Waals surface area contributed by atoms with Crippen LogP contribution in [0, 0.1) is 0 Å². The number of carboxylic acid groups (broad SMARTS) is 1. The zero-order valence-corrected chi connectivity index (χ0v) is 10.7. The molecule has 1 aromatic rings. The van der Waals surface area contributed by atoms with E-state index >= 15 is 0 Å². The summed E-state index contributed by atoms with van der Waals surface area (Å²) in [5, 5.41) is 12.5. The van der Waals surface area contributed by atoms with Crippen LogP contribution in [0.1, 0.15) is 36.1 Å². The first kappa shape index (κ1) is 12.8. The fourth-order valence-corrected chi connectivity index (χ4v) is 1.96. The Bertz CT molecular complexity index is 442. The molecule has 2 rings (SSSR count). The van der Waals surface area contributed by atoms with Crippen molar-refractivity contribution >= 4 is 11.7 Å². The van der Waals surface area contributed by atoms with E-state index < -0.39 is 5.97 Å². The van der Waals surface area contributed by atoms with E-state index in [4.69, 9.17) is 0 Å². The smallest absolute Gasteiger partial charge is 0.356 e. The van der Waals surface area contributed by atoms with Crippen LogP contribution < -0.4 is 10.2 Å². The zero-order valence-electron chi connectivity index (χ0n) is 10.7. The van der Waals surface area contributed by atoms with Crippen molar-refractivity contribution in [3.63, 3.8) is 0 Å². The van der Waals surface area contributed by atoms with E-state index in [1.807, 2.05) is 18.7 Å². The fourth-order valence-electron chi connectivity index (χ4n) is 1.96. The van der Waals surface area contributed by atoms with Gasteiger partial charge in [0, 0.05) is 32.1 Å². The molecular weight excluding hydrogens is 232 g/mol. The maximum atomic E-state index is 11.3. The van der Waals surface area contributed by atoms with Crippen molar-refractivity contribution in [1.29, 1.82) is 0 Å². The molecule has 6 nitrogen and oxygen atoms in total. The quantitative estimate of drug-likeness (QED) is 0.822. The predicted molar refractivity (Wildman–Crippen MR) is 68.2 cm³/mol. The Morgan fingerprint density at radius 3 is 2.67 bits per heavy atom. The van der Waals surface area contributed by atoms with E-state index in [0.29, 0.717) is 11.5 Å². The largest absolute Gasteiger partial charge is 0.476 e. The average molecular weight is 250 g/mol. The molecule has 0 radical (unpaired) electrons. The molecular formula is C12H18N4O2. The topological polar surface area (TPSA) is 78.4 Å². The molecule has 18 heavy (non-hydrogen) atoms. The van der Waals surface area contributed by atoms with Gasteiger partial charge in [-0.25, -0.2) is 14.8 Å². The van der Waals surface area contributed by atoms with Gasteiger partial charge in [0.2, 0.25) is 0 Å². The fraction of sp³-hybridized carbons (Fsp3) is 0.583. The lowest BCUT2D eigenvalue weighted by Crippen LogP contribution is -2.44. The maximum Gasteiger partial charge on any atom is 0.356 e. The maximum absolute atomic E-state index is 11.3. The molecule has 2 heterocycles. The van der Waals surface area contributed by atoms with Crippen LogP contribution in [0.5, 0.6) is 0 Å². The number of carbonyl (C=O) groups is 1. The van der Waals surface area contributed by atoms with Crippen LogP contribution in [0.4, 0.5) is 5.69 Å². The molecule has 0 aliphatic carbocycles. The second-order valence-electron chi connectivity index (χ2n) is 4.66. The van der Waals surface area contributed by atoms with Gasteiger partial charge in [-0.05, 0) is 0 Å². The average Bonchev–Trinajstić information content (AvgIpc) is 2.39. The Morgan fingerprint density at radius 2 is 2.11 bits per heavy atom. The molecule has 0 amide bonds. The molecule has 0 aromatic carbocycles. The molecule has 6 heteroatoms. The Balaban J connectivity index is 2.36. The Labute approximate surface area is 106 Å². The predicted octanol–water partition coefficient (Wildman–Crippen LogP) is 0.708. The summed E-state index contributed by atoms with van der Waals surface area (Å²) in [5.74, 6) is -0.292. The van der Waals surface area contributed by atoms with Crippen LogP contribution in [0.15, 0.2) is 6.20 Å². The van der Waals surface area contributed by atoms with E-state index in [-0.39, 0.29) is 11.6 Å². The SMILES string of the molecule is CC(C)c1ncc(N2CCNCC2)c(C(=O)O)n1. The third-order valence-corrected chi connectivity index (χ3v) is 2.96. The standard InChI is InChI=1S/C12H18N4O2/c1-8(2)11-14-7-9(10(15-11)12(17)18)16-5-3-13-4-6-16/h7-8,13H,3-6H2,1-2H3,(H,17,18). The number of aromatic carboxylic acids is 1. The van der Waals surface area contributed by atoms with Gasteiger partial charge in [-0.2, -0.15) is 0 Å². The summed E-state index contributed by atoms with van der Waals surface area (Å²) >= 11 is 0. The summed E-state index contributed by atoms with van der Waals surface area (Å²) in [4.78, 5) is 21.8. The van der Waals surface area contributed by atoms with Crippen molar-refractivity contribution in [1.82, 2.24) is 15.3 Å². The van der Waals surface area contributed by atoms with Crippen LogP contribution in [-0.4, -0.2) is 47.2 Å². The monoisotopic (exact) mass is 250 g/mol. The molecule has 1 aromatic heterocycles. The van der Waals surface area contributed by atoms with E-state index in [2.05, 4.69) is 15.3 Å². The lowest BCUT2D eigenvalue weighted by molar-refractivity contribution is 0.0690. The van der Waals surface area contributed by atoms with E-state index in [1.54, 1.807) is 6.20 Å². The summed E-state index contributed by atoms with van der Waals surface area (Å²) in [5.41, 5.74) is 0.726. The summed E-state index contributed by atoms with van der Waals surface area (Å²) in [6.45, 7) is 7.17. The zero-order chi connectivity index (χ0) is 13.1. The summed E-state index contributed by atoms with van der Waals surface area (Å²) in [6.07, 6.45) is 1.64. The van der Waals surface area contributed by atoms with Gasteiger partial charge in [0.05, 0.1) is 11.9 Å². The van der Waals surface area contributed by atoms with Crippen LogP contribution in [0.2, 0.25) is 0 Å². The number of nitrogens with zero attached hydrogens (tertiary/aromatic N) is 3. The van der Waals surface area contributed by atoms with Crippen molar-refractivity contribution < 1.29 is 9.90 Å². The van der Waals surface area contributed by atoms with Crippen LogP contribution >= 0.6 is 0 Å². The highest BCUT2D eigenvalue weighted by atomic mass is 16.4. The summed E-state index contributed by atoms with van der Waals surface area (Å²) in [6, 6.07) is 0. The molecule has 0 bridgehead atoms. The number of nitrogens with one attached hydrogen (secondary N) is 1. The molecule has 0 atom stereocenters. The number of hydrogen-bond acceptors (Lipinski definition) is 5. The minimum atomic E-state index is -0.993. The van der Waals surface area contributed by atoms with Crippen LogP contribution in [0.25, 0.3) is 0 Å². The van der Waals surface area contributed by atoms with Crippen LogP contribution in [-0.2, 0) is 0 Å². The Morgan fingerprint density at radius 1 is 1.44 bits per heavy atom. The number of anilines is 1. The van der Waals surface area contributed by atoms with Gasteiger partial charge in [0.1, 0.15) is 5.82 Å². The number of carboxylic acids is 1. The molecule has 1 aliphatic rings. The highest BCUT2D eigenvalue weighted by molar-refractivity contribution is 5.92. The van der Waals surface area contributed by atoms with Gasteiger partial charge in [0.25, 0.3) is 0 Å². The van der Waals surface area contributed by atoms with Crippen molar-refractivity contribution in [3.8, 4) is 0 Å². The molecule has 98 valence electrons. The minimum Gasteiger partial charge on any atom is -0.476 e. The molecule has 1 aliphatic heterocycles. The third kappa shape index (κ3) is 2.59. The first-order valence-corrected chi connectivity index (χ1v) is 6.15. The van der Waals surface area contributed by atoms with Crippen molar-refractivity contribution in [2.45, 2.75) is 19.8 Å². The van der Waals surface area contributed by atoms with Gasteiger partial charge in [-0.15, -0.1) is 0 Å². The normalized spacial score (nSPS) is 16.1. The molecule has 1 saturated heterocycles. The molecule has 1 fully saturated rings. The summed E-state index contributed by atoms with van der Waals surface area (Å²) in [7, 11) is 0. The third-order valence-electron chi connectivity index (χ3n) is 2.96. The molecule has 0 spiro atoms. The number of aromatic nitrogens is 2. The molecule has 0 saturated carbocycles. The highest BCUT2D eigenvalue weighted by Crippen LogP contribution is 2.20. The highest BCUT2D eigenvalue weighted by Gasteiger charge is 2.21.